The highest BCUT2D eigenvalue weighted by Crippen LogP contribution is 2.15. The molecule has 1 N–H and O–H groups in total. The fourth-order valence-electron chi connectivity index (χ4n) is 1.58. The van der Waals surface area contributed by atoms with Crippen LogP contribution in [0.5, 0.6) is 5.75 Å². The van der Waals surface area contributed by atoms with Gasteiger partial charge in [0, 0.05) is 0 Å². The van der Waals surface area contributed by atoms with Crippen LogP contribution in [0.1, 0.15) is 26.3 Å². The van der Waals surface area contributed by atoms with E-state index in [4.69, 9.17) is 21.7 Å². The van der Waals surface area contributed by atoms with Gasteiger partial charge in [-0.2, -0.15) is 0 Å². The molecule has 1 rings (SSSR count). The minimum atomic E-state index is -0.464. The highest BCUT2D eigenvalue weighted by Gasteiger charge is 2.16. The highest BCUT2D eigenvalue weighted by atomic mass is 32.2. The van der Waals surface area contributed by atoms with Crippen LogP contribution in [-0.4, -0.2) is 34.8 Å². The van der Waals surface area contributed by atoms with Gasteiger partial charge >= 0.3 is 5.97 Å². The third kappa shape index (κ3) is 8.24. The predicted octanol–water partition coefficient (Wildman–Crippen LogP) is 3.32. The molecule has 0 aromatic heterocycles. The van der Waals surface area contributed by atoms with E-state index in [9.17, 15) is 4.79 Å². The zero-order valence-electron chi connectivity index (χ0n) is 13.5. The predicted molar refractivity (Wildman–Crippen MR) is 95.6 cm³/mol. The molecular weight excluding hydrogens is 318 g/mol. The zero-order chi connectivity index (χ0) is 16.6. The third-order valence-corrected chi connectivity index (χ3v) is 3.75. The number of thioether (sulfide) groups is 1. The summed E-state index contributed by atoms with van der Waals surface area (Å²) in [6.07, 6.45) is 0. The number of carbonyl (C=O) groups is 1. The van der Waals surface area contributed by atoms with Gasteiger partial charge in [-0.1, -0.05) is 42.2 Å². The van der Waals surface area contributed by atoms with E-state index in [0.29, 0.717) is 17.5 Å². The Kier molecular flexibility index (Phi) is 7.68. The summed E-state index contributed by atoms with van der Waals surface area (Å²) in [5.41, 5.74) is 0.637. The number of rotatable bonds is 6. The van der Waals surface area contributed by atoms with Crippen LogP contribution in [0.2, 0.25) is 0 Å². The fourth-order valence-corrected chi connectivity index (χ4v) is 2.37. The van der Waals surface area contributed by atoms with Gasteiger partial charge in [-0.05, 0) is 39.3 Å². The van der Waals surface area contributed by atoms with Gasteiger partial charge in [0.25, 0.3) is 0 Å². The molecule has 122 valence electrons. The van der Waals surface area contributed by atoms with Gasteiger partial charge in [-0.25, -0.2) is 0 Å². The fraction of sp³-hybridized carbons (Fsp3) is 0.500. The van der Waals surface area contributed by atoms with Crippen molar-refractivity contribution < 1.29 is 14.3 Å². The second-order valence-electron chi connectivity index (χ2n) is 5.70. The SMILES string of the molecule is Cc1ccccc1OCCNC(=S)SCC(=O)OC(C)(C)C. The number of ether oxygens (including phenoxy) is 2. The molecule has 0 aliphatic heterocycles. The summed E-state index contributed by atoms with van der Waals surface area (Å²) >= 11 is 6.42. The molecule has 0 amide bonds. The molecule has 0 aliphatic carbocycles. The number of benzene rings is 1. The summed E-state index contributed by atoms with van der Waals surface area (Å²) < 4.78 is 11.4. The van der Waals surface area contributed by atoms with Crippen LogP contribution in [0.4, 0.5) is 0 Å². The van der Waals surface area contributed by atoms with E-state index in [0.717, 1.165) is 11.3 Å². The number of aryl methyl sites for hydroxylation is 1. The van der Waals surface area contributed by atoms with Crippen molar-refractivity contribution in [1.82, 2.24) is 5.32 Å². The largest absolute Gasteiger partial charge is 0.491 e. The molecule has 0 bridgehead atoms. The van der Waals surface area contributed by atoms with E-state index in [-0.39, 0.29) is 11.7 Å². The van der Waals surface area contributed by atoms with Crippen molar-refractivity contribution in [2.75, 3.05) is 18.9 Å². The van der Waals surface area contributed by atoms with Crippen molar-refractivity contribution >= 4 is 34.3 Å². The molecule has 0 atom stereocenters. The number of hydrogen-bond donors (Lipinski definition) is 1. The van der Waals surface area contributed by atoms with Gasteiger partial charge in [0.2, 0.25) is 0 Å². The number of thiocarbonyl (C=S) groups is 1. The van der Waals surface area contributed by atoms with Crippen LogP contribution in [-0.2, 0) is 9.53 Å². The van der Waals surface area contributed by atoms with E-state index in [1.54, 1.807) is 0 Å². The summed E-state index contributed by atoms with van der Waals surface area (Å²) in [6.45, 7) is 8.63. The van der Waals surface area contributed by atoms with Gasteiger partial charge in [0.05, 0.1) is 12.3 Å². The van der Waals surface area contributed by atoms with Crippen LogP contribution in [0.15, 0.2) is 24.3 Å². The standard InChI is InChI=1S/C16H23NO3S2/c1-12-7-5-6-8-13(12)19-10-9-17-15(21)22-11-14(18)20-16(2,3)4/h5-8H,9-11H2,1-4H3,(H,17,21). The van der Waals surface area contributed by atoms with Gasteiger partial charge in [-0.15, -0.1) is 0 Å². The Bertz CT molecular complexity index is 512. The Labute approximate surface area is 142 Å². The maximum absolute atomic E-state index is 11.6. The van der Waals surface area contributed by atoms with Crippen molar-refractivity contribution in [2.24, 2.45) is 0 Å². The van der Waals surface area contributed by atoms with Crippen LogP contribution in [0.3, 0.4) is 0 Å². The van der Waals surface area contributed by atoms with Crippen LogP contribution in [0.25, 0.3) is 0 Å². The molecule has 0 heterocycles. The maximum atomic E-state index is 11.6. The first-order valence-corrected chi connectivity index (χ1v) is 8.48. The molecule has 0 saturated heterocycles. The van der Waals surface area contributed by atoms with E-state index in [1.165, 1.54) is 11.8 Å². The molecule has 22 heavy (non-hydrogen) atoms. The quantitative estimate of drug-likeness (QED) is 0.486. The molecule has 1 aromatic carbocycles. The van der Waals surface area contributed by atoms with Crippen LogP contribution < -0.4 is 10.1 Å². The van der Waals surface area contributed by atoms with E-state index < -0.39 is 5.60 Å². The Hall–Kier alpha value is -1.27. The smallest absolute Gasteiger partial charge is 0.316 e. The Morgan fingerprint density at radius 2 is 2.00 bits per heavy atom. The summed E-state index contributed by atoms with van der Waals surface area (Å²) in [6, 6.07) is 7.86. The Morgan fingerprint density at radius 1 is 1.32 bits per heavy atom. The first-order valence-electron chi connectivity index (χ1n) is 7.09. The summed E-state index contributed by atoms with van der Waals surface area (Å²) in [5, 5.41) is 3.05. The molecule has 0 spiro atoms. The van der Waals surface area contributed by atoms with Gasteiger partial charge in [0.15, 0.2) is 0 Å². The van der Waals surface area contributed by atoms with Crippen LogP contribution >= 0.6 is 24.0 Å². The second-order valence-corrected chi connectivity index (χ2v) is 7.36. The lowest BCUT2D eigenvalue weighted by atomic mass is 10.2. The molecule has 0 saturated carbocycles. The summed E-state index contributed by atoms with van der Waals surface area (Å²) in [4.78, 5) is 11.6. The summed E-state index contributed by atoms with van der Waals surface area (Å²) in [5.74, 6) is 0.816. The van der Waals surface area contributed by atoms with Gasteiger partial charge in [-0.3, -0.25) is 4.79 Å². The Balaban J connectivity index is 2.16. The van der Waals surface area contributed by atoms with Crippen molar-refractivity contribution in [3.8, 4) is 5.75 Å². The molecule has 0 radical (unpaired) electrons. The zero-order valence-corrected chi connectivity index (χ0v) is 15.1. The lowest BCUT2D eigenvalue weighted by Gasteiger charge is -2.19. The van der Waals surface area contributed by atoms with Crippen molar-refractivity contribution in [3.63, 3.8) is 0 Å². The number of para-hydroxylation sites is 1. The molecule has 0 aliphatic rings. The minimum absolute atomic E-state index is 0.210. The first-order chi connectivity index (χ1) is 10.3. The molecular formula is C16H23NO3S2. The monoisotopic (exact) mass is 341 g/mol. The highest BCUT2D eigenvalue weighted by molar-refractivity contribution is 8.23. The molecule has 0 fully saturated rings. The van der Waals surface area contributed by atoms with Crippen molar-refractivity contribution in [1.29, 1.82) is 0 Å². The average molecular weight is 341 g/mol. The van der Waals surface area contributed by atoms with Crippen molar-refractivity contribution in [3.05, 3.63) is 29.8 Å². The first kappa shape index (κ1) is 18.8. The number of hydrogen-bond acceptors (Lipinski definition) is 5. The number of esters is 1. The van der Waals surface area contributed by atoms with Gasteiger partial charge < -0.3 is 14.8 Å². The van der Waals surface area contributed by atoms with Crippen molar-refractivity contribution in [2.45, 2.75) is 33.3 Å². The minimum Gasteiger partial charge on any atom is -0.491 e. The normalized spacial score (nSPS) is 10.9. The average Bonchev–Trinajstić information content (AvgIpc) is 2.41. The Morgan fingerprint density at radius 3 is 2.64 bits per heavy atom. The number of carbonyl (C=O) groups excluding carboxylic acids is 1. The number of nitrogens with one attached hydrogen (secondary N) is 1. The third-order valence-electron chi connectivity index (χ3n) is 2.46. The van der Waals surface area contributed by atoms with Gasteiger partial charge in [0.1, 0.15) is 22.3 Å². The van der Waals surface area contributed by atoms with E-state index in [1.807, 2.05) is 52.0 Å². The summed E-state index contributed by atoms with van der Waals surface area (Å²) in [7, 11) is 0. The second kappa shape index (κ2) is 9.00. The maximum Gasteiger partial charge on any atom is 0.316 e. The molecule has 0 unspecified atom stereocenters. The lowest BCUT2D eigenvalue weighted by molar-refractivity contribution is -0.151. The van der Waals surface area contributed by atoms with E-state index in [2.05, 4.69) is 5.32 Å². The molecule has 4 nitrogen and oxygen atoms in total. The lowest BCUT2D eigenvalue weighted by Crippen LogP contribution is -2.28. The van der Waals surface area contributed by atoms with Crippen LogP contribution in [0, 0.1) is 6.92 Å². The molecule has 1 aromatic rings. The van der Waals surface area contributed by atoms with E-state index >= 15 is 0 Å². The molecule has 6 heteroatoms. The topological polar surface area (TPSA) is 47.6 Å².